The zero-order chi connectivity index (χ0) is 20.5. The van der Waals surface area contributed by atoms with Crippen LogP contribution in [0.25, 0.3) is 5.65 Å². The summed E-state index contributed by atoms with van der Waals surface area (Å²) in [7, 11) is 0. The lowest BCUT2D eigenvalue weighted by Gasteiger charge is -2.36. The lowest BCUT2D eigenvalue weighted by molar-refractivity contribution is -0.131. The number of phenolic OH excluding ortho intramolecular Hbond substituents is 1. The number of carbonyl (C=O) groups is 1. The smallest absolute Gasteiger partial charge is 0.266 e. The number of para-hydroxylation sites is 2. The molecule has 0 unspecified atom stereocenters. The van der Waals surface area contributed by atoms with Gasteiger partial charge < -0.3 is 14.9 Å². The van der Waals surface area contributed by atoms with Crippen molar-refractivity contribution in [3.63, 3.8) is 0 Å². The van der Waals surface area contributed by atoms with Crippen molar-refractivity contribution in [1.29, 1.82) is 0 Å². The van der Waals surface area contributed by atoms with Gasteiger partial charge >= 0.3 is 0 Å². The van der Waals surface area contributed by atoms with Crippen LogP contribution in [0, 0.1) is 13.8 Å². The van der Waals surface area contributed by atoms with Crippen LogP contribution in [-0.2, 0) is 11.2 Å². The number of nitrogens with one attached hydrogen (secondary N) is 1. The Morgan fingerprint density at radius 3 is 2.62 bits per heavy atom. The topological polar surface area (TPSA) is 93.9 Å². The third-order valence-corrected chi connectivity index (χ3v) is 5.65. The Kier molecular flexibility index (Phi) is 5.00. The molecule has 29 heavy (non-hydrogen) atoms. The first-order valence-electron chi connectivity index (χ1n) is 9.82. The second-order valence-electron chi connectivity index (χ2n) is 7.43. The minimum Gasteiger partial charge on any atom is -0.506 e. The number of aromatic nitrogens is 3. The monoisotopic (exact) mass is 395 g/mol. The number of piperazine rings is 1. The van der Waals surface area contributed by atoms with Crippen LogP contribution in [0.2, 0.25) is 0 Å². The fourth-order valence-electron chi connectivity index (χ4n) is 4.04. The van der Waals surface area contributed by atoms with E-state index in [4.69, 9.17) is 0 Å². The number of aromatic hydroxyl groups is 1. The third kappa shape index (κ3) is 3.70. The SMILES string of the molecule is Cc1nc2cc(=O)[nH]n2c(C)c1CCC(=O)N1CCN(c2ccccc2O)CC1. The molecule has 0 aliphatic carbocycles. The molecule has 1 aromatic carbocycles. The first-order chi connectivity index (χ1) is 13.9. The van der Waals surface area contributed by atoms with Crippen molar-refractivity contribution in [1.82, 2.24) is 19.5 Å². The van der Waals surface area contributed by atoms with Gasteiger partial charge in [0.15, 0.2) is 5.65 Å². The van der Waals surface area contributed by atoms with Gasteiger partial charge in [-0.25, -0.2) is 9.50 Å². The molecule has 1 aliphatic heterocycles. The number of hydrogen-bond donors (Lipinski definition) is 2. The van der Waals surface area contributed by atoms with Crippen LogP contribution in [-0.4, -0.2) is 56.7 Å². The standard InChI is InChI=1S/C21H25N5O3/c1-14-16(15(2)26-19(22-14)13-20(28)23-26)7-8-21(29)25-11-9-24(10-12-25)17-5-3-4-6-18(17)27/h3-6,13,27H,7-12H2,1-2H3,(H,23,28). The second-order valence-corrected chi connectivity index (χ2v) is 7.43. The largest absolute Gasteiger partial charge is 0.506 e. The number of fused-ring (bicyclic) bond motifs is 1. The van der Waals surface area contributed by atoms with Gasteiger partial charge in [0.1, 0.15) is 5.75 Å². The minimum absolute atomic E-state index is 0.113. The molecular weight excluding hydrogens is 370 g/mol. The van der Waals surface area contributed by atoms with Crippen molar-refractivity contribution in [3.05, 3.63) is 57.6 Å². The second kappa shape index (κ2) is 7.62. The first-order valence-corrected chi connectivity index (χ1v) is 9.82. The molecule has 0 saturated carbocycles. The molecule has 3 heterocycles. The minimum atomic E-state index is -0.185. The van der Waals surface area contributed by atoms with Crippen molar-refractivity contribution in [3.8, 4) is 5.75 Å². The van der Waals surface area contributed by atoms with Gasteiger partial charge in [-0.1, -0.05) is 12.1 Å². The summed E-state index contributed by atoms with van der Waals surface area (Å²) in [5, 5.41) is 12.8. The van der Waals surface area contributed by atoms with E-state index in [2.05, 4.69) is 15.0 Å². The molecule has 2 N–H and O–H groups in total. The maximum Gasteiger partial charge on any atom is 0.266 e. The molecule has 0 spiro atoms. The highest BCUT2D eigenvalue weighted by molar-refractivity contribution is 5.77. The number of carbonyl (C=O) groups excluding carboxylic acids is 1. The Hall–Kier alpha value is -3.29. The van der Waals surface area contributed by atoms with Crippen molar-refractivity contribution in [2.75, 3.05) is 31.1 Å². The van der Waals surface area contributed by atoms with Crippen LogP contribution >= 0.6 is 0 Å². The lowest BCUT2D eigenvalue weighted by Crippen LogP contribution is -2.48. The Morgan fingerprint density at radius 2 is 1.90 bits per heavy atom. The van der Waals surface area contributed by atoms with Crippen LogP contribution in [0.4, 0.5) is 5.69 Å². The zero-order valence-corrected chi connectivity index (χ0v) is 16.7. The summed E-state index contributed by atoms with van der Waals surface area (Å²) in [6.07, 6.45) is 0.982. The number of phenols is 1. The predicted octanol–water partition coefficient (Wildman–Crippen LogP) is 1.63. The molecule has 1 saturated heterocycles. The summed E-state index contributed by atoms with van der Waals surface area (Å²) in [6.45, 7) is 6.50. The third-order valence-electron chi connectivity index (χ3n) is 5.65. The number of anilines is 1. The molecule has 152 valence electrons. The van der Waals surface area contributed by atoms with Gasteiger partial charge in [-0.2, -0.15) is 0 Å². The summed E-state index contributed by atoms with van der Waals surface area (Å²) in [5.74, 6) is 0.381. The maximum absolute atomic E-state index is 12.7. The van der Waals surface area contributed by atoms with E-state index in [0.29, 0.717) is 44.7 Å². The Balaban J connectivity index is 1.39. The van der Waals surface area contributed by atoms with Crippen LogP contribution in [0.1, 0.15) is 23.4 Å². The Morgan fingerprint density at radius 1 is 1.17 bits per heavy atom. The van der Waals surface area contributed by atoms with Crippen LogP contribution in [0.3, 0.4) is 0 Å². The number of H-pyrrole nitrogens is 1. The summed E-state index contributed by atoms with van der Waals surface area (Å²) < 4.78 is 1.68. The molecule has 0 atom stereocenters. The molecule has 3 aromatic rings. The molecule has 8 nitrogen and oxygen atoms in total. The van der Waals surface area contributed by atoms with Crippen molar-refractivity contribution in [2.45, 2.75) is 26.7 Å². The fourth-order valence-corrected chi connectivity index (χ4v) is 4.04. The molecule has 1 fully saturated rings. The average Bonchev–Trinajstić information content (AvgIpc) is 3.08. The summed E-state index contributed by atoms with van der Waals surface area (Å²) >= 11 is 0. The van der Waals surface area contributed by atoms with E-state index in [9.17, 15) is 14.7 Å². The first kappa shape index (κ1) is 19.0. The number of benzene rings is 1. The van der Waals surface area contributed by atoms with Gasteiger partial charge in [-0.15, -0.1) is 0 Å². The van der Waals surface area contributed by atoms with E-state index in [-0.39, 0.29) is 17.2 Å². The molecule has 2 aromatic heterocycles. The number of aryl methyl sites for hydroxylation is 2. The van der Waals surface area contributed by atoms with E-state index in [1.165, 1.54) is 6.07 Å². The lowest BCUT2D eigenvalue weighted by atomic mass is 10.1. The van der Waals surface area contributed by atoms with E-state index < -0.39 is 0 Å². The van der Waals surface area contributed by atoms with Crippen molar-refractivity contribution >= 4 is 17.2 Å². The maximum atomic E-state index is 12.7. The van der Waals surface area contributed by atoms with Gasteiger partial charge in [0, 0.05) is 50.1 Å². The number of amides is 1. The van der Waals surface area contributed by atoms with E-state index >= 15 is 0 Å². The number of rotatable bonds is 4. The highest BCUT2D eigenvalue weighted by atomic mass is 16.3. The fraction of sp³-hybridized carbons (Fsp3) is 0.381. The van der Waals surface area contributed by atoms with Crippen molar-refractivity contribution < 1.29 is 9.90 Å². The van der Waals surface area contributed by atoms with Gasteiger partial charge in [0.25, 0.3) is 5.56 Å². The molecule has 8 heteroatoms. The van der Waals surface area contributed by atoms with Crippen LogP contribution < -0.4 is 10.5 Å². The molecule has 1 amide bonds. The van der Waals surface area contributed by atoms with Gasteiger partial charge in [0.05, 0.1) is 5.69 Å². The average molecular weight is 395 g/mol. The summed E-state index contributed by atoms with van der Waals surface area (Å²) in [4.78, 5) is 32.8. The van der Waals surface area contributed by atoms with Gasteiger partial charge in [-0.05, 0) is 38.0 Å². The number of nitrogens with zero attached hydrogens (tertiary/aromatic N) is 4. The molecule has 0 radical (unpaired) electrons. The highest BCUT2D eigenvalue weighted by Gasteiger charge is 2.23. The molecule has 0 bridgehead atoms. The zero-order valence-electron chi connectivity index (χ0n) is 16.7. The quantitative estimate of drug-likeness (QED) is 0.700. The van der Waals surface area contributed by atoms with Gasteiger partial charge in [0.2, 0.25) is 5.91 Å². The molecule has 1 aliphatic rings. The van der Waals surface area contributed by atoms with Gasteiger partial charge in [-0.3, -0.25) is 14.7 Å². The van der Waals surface area contributed by atoms with E-state index in [1.807, 2.05) is 30.9 Å². The molecular formula is C21H25N5O3. The Bertz CT molecular complexity index is 1110. The molecule has 4 rings (SSSR count). The van der Waals surface area contributed by atoms with Crippen LogP contribution in [0.15, 0.2) is 35.1 Å². The highest BCUT2D eigenvalue weighted by Crippen LogP contribution is 2.27. The van der Waals surface area contributed by atoms with Crippen molar-refractivity contribution in [2.24, 2.45) is 0 Å². The summed E-state index contributed by atoms with van der Waals surface area (Å²) in [6, 6.07) is 8.75. The summed E-state index contributed by atoms with van der Waals surface area (Å²) in [5.41, 5.74) is 3.97. The normalized spacial score (nSPS) is 14.6. The van der Waals surface area contributed by atoms with E-state index in [0.717, 1.165) is 22.6 Å². The van der Waals surface area contributed by atoms with E-state index in [1.54, 1.807) is 16.6 Å². The number of hydrogen-bond acceptors (Lipinski definition) is 5. The Labute approximate surface area is 168 Å². The van der Waals surface area contributed by atoms with Crippen LogP contribution in [0.5, 0.6) is 5.75 Å². The predicted molar refractivity (Wildman–Crippen MR) is 111 cm³/mol. The number of aromatic amines is 1.